The molecular weight excluding hydrogens is 220 g/mol. The summed E-state index contributed by atoms with van der Waals surface area (Å²) >= 11 is 0. The van der Waals surface area contributed by atoms with Gasteiger partial charge in [-0.3, -0.25) is 0 Å². The fourth-order valence-corrected chi connectivity index (χ4v) is 1.88. The number of halogens is 2. The third-order valence-electron chi connectivity index (χ3n) is 2.68. The Labute approximate surface area is 97.6 Å². The molecule has 0 unspecified atom stereocenters. The molecular formula is C14H8F2N+. The highest BCUT2D eigenvalue weighted by atomic mass is 19.1. The minimum atomic E-state index is -0.459. The molecule has 0 amide bonds. The molecule has 0 N–H and O–H groups in total. The van der Waals surface area contributed by atoms with Crippen molar-refractivity contribution in [1.82, 2.24) is 0 Å². The van der Waals surface area contributed by atoms with Gasteiger partial charge in [-0.15, -0.1) is 0 Å². The highest BCUT2D eigenvalue weighted by molar-refractivity contribution is 5.73. The molecule has 17 heavy (non-hydrogen) atoms. The second kappa shape index (κ2) is 3.65. The Morgan fingerprint density at radius 1 is 0.941 bits per heavy atom. The quantitative estimate of drug-likeness (QED) is 0.671. The van der Waals surface area contributed by atoms with Crippen LogP contribution in [0.25, 0.3) is 0 Å². The minimum Gasteiger partial charge on any atom is -0.239 e. The smallest absolute Gasteiger partial charge is 0.214 e. The summed E-state index contributed by atoms with van der Waals surface area (Å²) in [5.41, 5.74) is 1.87. The van der Waals surface area contributed by atoms with Gasteiger partial charge in [-0.2, -0.15) is 0 Å². The van der Waals surface area contributed by atoms with E-state index in [9.17, 15) is 8.78 Å². The third-order valence-corrected chi connectivity index (χ3v) is 2.68. The number of nitrogens with zero attached hydrogens (tertiary/aromatic N) is 1. The predicted molar refractivity (Wildman–Crippen MR) is 61.9 cm³/mol. The molecule has 0 atom stereocenters. The molecule has 1 aliphatic rings. The van der Waals surface area contributed by atoms with Crippen LogP contribution >= 0.6 is 0 Å². The van der Waals surface area contributed by atoms with E-state index in [1.54, 1.807) is 11.1 Å². The summed E-state index contributed by atoms with van der Waals surface area (Å²) in [6.45, 7) is 0. The van der Waals surface area contributed by atoms with E-state index >= 15 is 0 Å². The van der Waals surface area contributed by atoms with E-state index in [1.807, 2.05) is 24.3 Å². The molecule has 3 rings (SSSR count). The molecule has 2 aromatic rings. The SMILES string of the molecule is Fc1ccc(F)c(N2C=[C+]c3ccccc32)c1. The Morgan fingerprint density at radius 2 is 1.76 bits per heavy atom. The monoisotopic (exact) mass is 228 g/mol. The maximum atomic E-state index is 13.7. The van der Waals surface area contributed by atoms with E-state index in [0.717, 1.165) is 23.4 Å². The van der Waals surface area contributed by atoms with Gasteiger partial charge >= 0.3 is 0 Å². The predicted octanol–water partition coefficient (Wildman–Crippen LogP) is 3.78. The standard InChI is InChI=1S/C14H8F2N/c15-11-5-6-12(16)14(9-11)17-8-7-10-3-1-2-4-13(10)17/h1-6,8-9H/q+1. The van der Waals surface area contributed by atoms with Gasteiger partial charge in [0.05, 0.1) is 12.1 Å². The van der Waals surface area contributed by atoms with Gasteiger partial charge in [0.15, 0.2) is 5.69 Å². The van der Waals surface area contributed by atoms with Crippen molar-refractivity contribution in [3.63, 3.8) is 0 Å². The maximum Gasteiger partial charge on any atom is 0.214 e. The number of para-hydroxylation sites is 1. The number of hydrogen-bond donors (Lipinski definition) is 0. The van der Waals surface area contributed by atoms with Crippen LogP contribution in [0, 0.1) is 17.7 Å². The molecule has 3 heteroatoms. The first-order valence-electron chi connectivity index (χ1n) is 5.19. The molecule has 1 heterocycles. The molecule has 0 saturated carbocycles. The molecule has 0 spiro atoms. The van der Waals surface area contributed by atoms with Crippen molar-refractivity contribution in [1.29, 1.82) is 0 Å². The summed E-state index contributed by atoms with van der Waals surface area (Å²) in [7, 11) is 0. The lowest BCUT2D eigenvalue weighted by Crippen LogP contribution is -2.08. The molecule has 0 aliphatic carbocycles. The topological polar surface area (TPSA) is 3.24 Å². The van der Waals surface area contributed by atoms with Crippen molar-refractivity contribution in [3.8, 4) is 0 Å². The van der Waals surface area contributed by atoms with Crippen LogP contribution in [0.2, 0.25) is 0 Å². The maximum absolute atomic E-state index is 13.7. The van der Waals surface area contributed by atoms with Gasteiger partial charge in [-0.05, 0) is 24.3 Å². The number of benzene rings is 2. The van der Waals surface area contributed by atoms with Gasteiger partial charge < -0.3 is 0 Å². The van der Waals surface area contributed by atoms with E-state index < -0.39 is 11.6 Å². The molecule has 82 valence electrons. The van der Waals surface area contributed by atoms with Crippen molar-refractivity contribution in [3.05, 3.63) is 71.9 Å². The molecule has 0 radical (unpaired) electrons. The van der Waals surface area contributed by atoms with Crippen LogP contribution in [0.5, 0.6) is 0 Å². The van der Waals surface area contributed by atoms with Crippen LogP contribution in [0.3, 0.4) is 0 Å². The fourth-order valence-electron chi connectivity index (χ4n) is 1.88. The van der Waals surface area contributed by atoms with Crippen LogP contribution in [0.15, 0.2) is 48.7 Å². The van der Waals surface area contributed by atoms with Crippen LogP contribution in [-0.4, -0.2) is 0 Å². The normalized spacial score (nSPS) is 12.5. The van der Waals surface area contributed by atoms with E-state index in [4.69, 9.17) is 0 Å². The molecule has 0 bridgehead atoms. The molecule has 1 aliphatic heterocycles. The zero-order chi connectivity index (χ0) is 11.8. The van der Waals surface area contributed by atoms with Gasteiger partial charge in [-0.25, -0.2) is 13.7 Å². The molecule has 0 saturated heterocycles. The largest absolute Gasteiger partial charge is 0.239 e. The van der Waals surface area contributed by atoms with Crippen LogP contribution < -0.4 is 4.90 Å². The summed E-state index contributed by atoms with van der Waals surface area (Å²) in [5.74, 6) is -0.916. The third kappa shape index (κ3) is 1.57. The van der Waals surface area contributed by atoms with E-state index in [2.05, 4.69) is 6.08 Å². The highest BCUT2D eigenvalue weighted by Crippen LogP contribution is 2.35. The van der Waals surface area contributed by atoms with Crippen LogP contribution in [0.4, 0.5) is 20.2 Å². The number of anilines is 2. The lowest BCUT2D eigenvalue weighted by Gasteiger charge is -2.12. The van der Waals surface area contributed by atoms with Gasteiger partial charge in [0.1, 0.15) is 23.5 Å². The second-order valence-corrected chi connectivity index (χ2v) is 3.76. The average Bonchev–Trinajstić information content (AvgIpc) is 2.76. The Balaban J connectivity index is 2.13. The van der Waals surface area contributed by atoms with Crippen LogP contribution in [0.1, 0.15) is 5.56 Å². The van der Waals surface area contributed by atoms with Gasteiger partial charge in [-0.1, -0.05) is 0 Å². The van der Waals surface area contributed by atoms with Crippen molar-refractivity contribution >= 4 is 11.4 Å². The molecule has 0 fully saturated rings. The second-order valence-electron chi connectivity index (χ2n) is 3.76. The van der Waals surface area contributed by atoms with Crippen LogP contribution in [-0.2, 0) is 0 Å². The first-order chi connectivity index (χ1) is 8.25. The fraction of sp³-hybridized carbons (Fsp3) is 0. The summed E-state index contributed by atoms with van der Waals surface area (Å²) in [6.07, 6.45) is 4.62. The van der Waals surface area contributed by atoms with Crippen molar-refractivity contribution in [2.75, 3.05) is 4.90 Å². The number of hydrogen-bond acceptors (Lipinski definition) is 1. The molecule has 1 nitrogen and oxygen atoms in total. The average molecular weight is 228 g/mol. The zero-order valence-corrected chi connectivity index (χ0v) is 8.82. The Bertz CT molecular complexity index is 605. The Hall–Kier alpha value is -2.25. The van der Waals surface area contributed by atoms with Crippen molar-refractivity contribution in [2.24, 2.45) is 0 Å². The first-order valence-corrected chi connectivity index (χ1v) is 5.19. The number of fused-ring (bicyclic) bond motifs is 1. The summed E-state index contributed by atoms with van der Waals surface area (Å²) < 4.78 is 26.8. The number of rotatable bonds is 1. The lowest BCUT2D eigenvalue weighted by atomic mass is 10.2. The van der Waals surface area contributed by atoms with E-state index in [-0.39, 0.29) is 5.69 Å². The highest BCUT2D eigenvalue weighted by Gasteiger charge is 2.26. The zero-order valence-electron chi connectivity index (χ0n) is 8.82. The van der Waals surface area contributed by atoms with E-state index in [1.165, 1.54) is 6.07 Å². The Morgan fingerprint density at radius 3 is 2.65 bits per heavy atom. The van der Waals surface area contributed by atoms with Crippen molar-refractivity contribution in [2.45, 2.75) is 0 Å². The summed E-state index contributed by atoms with van der Waals surface area (Å²) in [4.78, 5) is 1.59. The van der Waals surface area contributed by atoms with Gasteiger partial charge in [0.2, 0.25) is 5.56 Å². The van der Waals surface area contributed by atoms with Crippen molar-refractivity contribution < 1.29 is 8.78 Å². The summed E-state index contributed by atoms with van der Waals surface area (Å²) in [5, 5.41) is 0. The first kappa shape index (κ1) is 9.94. The lowest BCUT2D eigenvalue weighted by molar-refractivity contribution is 0.601. The van der Waals surface area contributed by atoms with Gasteiger partial charge in [0.25, 0.3) is 0 Å². The Kier molecular flexibility index (Phi) is 2.13. The minimum absolute atomic E-state index is 0.197. The molecule has 0 aromatic heterocycles. The molecule has 2 aromatic carbocycles. The van der Waals surface area contributed by atoms with Gasteiger partial charge in [0, 0.05) is 12.1 Å². The van der Waals surface area contributed by atoms with E-state index in [0.29, 0.717) is 0 Å². The summed E-state index contributed by atoms with van der Waals surface area (Å²) in [6, 6.07) is 10.9.